The van der Waals surface area contributed by atoms with Crippen LogP contribution in [-0.2, 0) is 10.0 Å². The third kappa shape index (κ3) is 4.84. The Balaban J connectivity index is 1.60. The van der Waals surface area contributed by atoms with Gasteiger partial charge in [0.15, 0.2) is 0 Å². The SMILES string of the molecule is CC(Oc1ccc(C2=CCN(S(C)(=O)=O)CC2)cc1)C1CCNCC1. The molecule has 1 aromatic rings. The predicted molar refractivity (Wildman–Crippen MR) is 101 cm³/mol. The quantitative estimate of drug-likeness (QED) is 0.872. The van der Waals surface area contributed by atoms with Gasteiger partial charge in [-0.1, -0.05) is 18.2 Å². The van der Waals surface area contributed by atoms with Crippen LogP contribution < -0.4 is 10.1 Å². The maximum Gasteiger partial charge on any atom is 0.211 e. The zero-order valence-electron chi connectivity index (χ0n) is 15.1. The van der Waals surface area contributed by atoms with Crippen LogP contribution in [0.5, 0.6) is 5.75 Å². The number of ether oxygens (including phenoxy) is 1. The highest BCUT2D eigenvalue weighted by Gasteiger charge is 2.22. The highest BCUT2D eigenvalue weighted by Crippen LogP contribution is 2.27. The fraction of sp³-hybridized carbons (Fsp3) is 0.579. The normalized spacial score (nSPS) is 21.6. The minimum Gasteiger partial charge on any atom is -0.490 e. The van der Waals surface area contributed by atoms with Crippen molar-refractivity contribution in [1.29, 1.82) is 0 Å². The molecule has 0 saturated carbocycles. The van der Waals surface area contributed by atoms with Crippen LogP contribution in [0.25, 0.3) is 5.57 Å². The van der Waals surface area contributed by atoms with E-state index in [1.54, 1.807) is 0 Å². The van der Waals surface area contributed by atoms with E-state index >= 15 is 0 Å². The average Bonchev–Trinajstić information content (AvgIpc) is 2.62. The molecule has 2 heterocycles. The molecule has 1 fully saturated rings. The first-order valence-corrected chi connectivity index (χ1v) is 10.9. The van der Waals surface area contributed by atoms with E-state index in [0.717, 1.165) is 30.8 Å². The number of hydrogen-bond donors (Lipinski definition) is 1. The summed E-state index contributed by atoms with van der Waals surface area (Å²) in [6.45, 7) is 5.33. The van der Waals surface area contributed by atoms with E-state index in [-0.39, 0.29) is 6.10 Å². The van der Waals surface area contributed by atoms with Crippen molar-refractivity contribution in [3.05, 3.63) is 35.9 Å². The summed E-state index contributed by atoms with van der Waals surface area (Å²) < 4.78 is 30.8. The van der Waals surface area contributed by atoms with Crippen LogP contribution in [0.2, 0.25) is 0 Å². The van der Waals surface area contributed by atoms with Crippen LogP contribution in [0.3, 0.4) is 0 Å². The molecule has 0 amide bonds. The molecule has 0 aliphatic carbocycles. The molecule has 0 bridgehead atoms. The van der Waals surface area contributed by atoms with Gasteiger partial charge in [0.2, 0.25) is 10.0 Å². The van der Waals surface area contributed by atoms with Crippen molar-refractivity contribution in [2.24, 2.45) is 5.92 Å². The number of piperidine rings is 1. The molecular formula is C19H28N2O3S. The lowest BCUT2D eigenvalue weighted by Gasteiger charge is -2.28. The molecule has 1 saturated heterocycles. The topological polar surface area (TPSA) is 58.6 Å². The van der Waals surface area contributed by atoms with Crippen LogP contribution in [0.15, 0.2) is 30.3 Å². The standard InChI is InChI=1S/C19H28N2O3S/c1-15(16-7-11-20-12-8-16)24-19-5-3-17(4-6-19)18-9-13-21(14-10-18)25(2,22)23/h3-6,9,15-16,20H,7-8,10-14H2,1-2H3. The smallest absolute Gasteiger partial charge is 0.211 e. The molecule has 2 aliphatic rings. The van der Waals surface area contributed by atoms with Gasteiger partial charge in [-0.05, 0) is 68.5 Å². The van der Waals surface area contributed by atoms with Gasteiger partial charge in [-0.3, -0.25) is 0 Å². The zero-order chi connectivity index (χ0) is 17.9. The number of hydrogen-bond acceptors (Lipinski definition) is 4. The Morgan fingerprint density at radius 2 is 1.88 bits per heavy atom. The first-order valence-electron chi connectivity index (χ1n) is 9.05. The molecule has 0 radical (unpaired) electrons. The van der Waals surface area contributed by atoms with E-state index in [4.69, 9.17) is 4.74 Å². The van der Waals surface area contributed by atoms with E-state index in [0.29, 0.717) is 19.0 Å². The van der Waals surface area contributed by atoms with E-state index in [9.17, 15) is 8.42 Å². The minimum atomic E-state index is -3.10. The Morgan fingerprint density at radius 3 is 2.44 bits per heavy atom. The van der Waals surface area contributed by atoms with Gasteiger partial charge in [-0.2, -0.15) is 4.31 Å². The molecule has 1 atom stereocenters. The minimum absolute atomic E-state index is 0.227. The predicted octanol–water partition coefficient (Wildman–Crippen LogP) is 2.50. The lowest BCUT2D eigenvalue weighted by atomic mass is 9.93. The van der Waals surface area contributed by atoms with Crippen molar-refractivity contribution in [1.82, 2.24) is 9.62 Å². The number of benzene rings is 1. The van der Waals surface area contributed by atoms with Gasteiger partial charge in [0.1, 0.15) is 5.75 Å². The number of nitrogens with zero attached hydrogens (tertiary/aromatic N) is 1. The number of rotatable bonds is 5. The maximum atomic E-state index is 11.6. The van der Waals surface area contributed by atoms with Gasteiger partial charge in [0.05, 0.1) is 12.4 Å². The molecular weight excluding hydrogens is 336 g/mol. The first-order chi connectivity index (χ1) is 11.9. The van der Waals surface area contributed by atoms with Crippen molar-refractivity contribution in [2.75, 3.05) is 32.4 Å². The summed E-state index contributed by atoms with van der Waals surface area (Å²) >= 11 is 0. The Kier molecular flexibility index (Phi) is 5.81. The lowest BCUT2D eigenvalue weighted by Crippen LogP contribution is -2.35. The summed E-state index contributed by atoms with van der Waals surface area (Å²) in [6.07, 6.45) is 6.59. The van der Waals surface area contributed by atoms with Crippen LogP contribution >= 0.6 is 0 Å². The molecule has 6 heteroatoms. The van der Waals surface area contributed by atoms with Gasteiger partial charge in [0.25, 0.3) is 0 Å². The molecule has 3 rings (SSSR count). The molecule has 1 N–H and O–H groups in total. The van der Waals surface area contributed by atoms with Crippen LogP contribution in [0.4, 0.5) is 0 Å². The van der Waals surface area contributed by atoms with Gasteiger partial charge < -0.3 is 10.1 Å². The molecule has 2 aliphatic heterocycles. The fourth-order valence-corrected chi connectivity index (χ4v) is 4.35. The van der Waals surface area contributed by atoms with Crippen molar-refractivity contribution in [3.63, 3.8) is 0 Å². The van der Waals surface area contributed by atoms with Crippen molar-refractivity contribution < 1.29 is 13.2 Å². The van der Waals surface area contributed by atoms with Gasteiger partial charge in [-0.15, -0.1) is 0 Å². The summed E-state index contributed by atoms with van der Waals surface area (Å²) in [5.74, 6) is 1.52. The third-order valence-corrected chi connectivity index (χ3v) is 6.51. The third-order valence-electron chi connectivity index (χ3n) is 5.24. The molecule has 25 heavy (non-hydrogen) atoms. The number of sulfonamides is 1. The van der Waals surface area contributed by atoms with E-state index < -0.39 is 10.0 Å². The van der Waals surface area contributed by atoms with Crippen molar-refractivity contribution >= 4 is 15.6 Å². The summed E-state index contributed by atoms with van der Waals surface area (Å²) in [4.78, 5) is 0. The Bertz CT molecular complexity index is 707. The van der Waals surface area contributed by atoms with Crippen LogP contribution in [0.1, 0.15) is 31.7 Å². The van der Waals surface area contributed by atoms with Crippen molar-refractivity contribution in [2.45, 2.75) is 32.3 Å². The first kappa shape index (κ1) is 18.4. The van der Waals surface area contributed by atoms with Crippen molar-refractivity contribution in [3.8, 4) is 5.75 Å². The molecule has 0 spiro atoms. The van der Waals surface area contributed by atoms with Gasteiger partial charge >= 0.3 is 0 Å². The summed E-state index contributed by atoms with van der Waals surface area (Å²) in [7, 11) is -3.10. The monoisotopic (exact) mass is 364 g/mol. The Morgan fingerprint density at radius 1 is 1.20 bits per heavy atom. The molecule has 1 aromatic carbocycles. The van der Waals surface area contributed by atoms with Crippen LogP contribution in [-0.4, -0.2) is 51.3 Å². The lowest BCUT2D eigenvalue weighted by molar-refractivity contribution is 0.128. The Labute approximate surface area is 151 Å². The maximum absolute atomic E-state index is 11.6. The highest BCUT2D eigenvalue weighted by molar-refractivity contribution is 7.88. The summed E-state index contributed by atoms with van der Waals surface area (Å²) in [5.41, 5.74) is 2.35. The molecule has 138 valence electrons. The highest BCUT2D eigenvalue weighted by atomic mass is 32.2. The second-order valence-electron chi connectivity index (χ2n) is 7.04. The molecule has 5 nitrogen and oxygen atoms in total. The second-order valence-corrected chi connectivity index (χ2v) is 9.02. The van der Waals surface area contributed by atoms with Gasteiger partial charge in [0, 0.05) is 13.1 Å². The average molecular weight is 365 g/mol. The largest absolute Gasteiger partial charge is 0.490 e. The zero-order valence-corrected chi connectivity index (χ0v) is 15.9. The van der Waals surface area contributed by atoms with Gasteiger partial charge in [-0.25, -0.2) is 8.42 Å². The number of nitrogens with one attached hydrogen (secondary N) is 1. The summed E-state index contributed by atoms with van der Waals surface area (Å²) in [6, 6.07) is 8.20. The summed E-state index contributed by atoms with van der Waals surface area (Å²) in [5, 5.41) is 3.39. The second kappa shape index (κ2) is 7.89. The molecule has 1 unspecified atom stereocenters. The van der Waals surface area contributed by atoms with E-state index in [1.165, 1.54) is 29.0 Å². The molecule has 0 aromatic heterocycles. The van der Waals surface area contributed by atoms with E-state index in [2.05, 4.69) is 24.4 Å². The Hall–Kier alpha value is -1.37. The van der Waals surface area contributed by atoms with Crippen LogP contribution in [0, 0.1) is 5.92 Å². The fourth-order valence-electron chi connectivity index (χ4n) is 3.59. The van der Waals surface area contributed by atoms with E-state index in [1.807, 2.05) is 18.2 Å².